The maximum Gasteiger partial charge on any atom is 0.212 e. The zero-order chi connectivity index (χ0) is 11.7. The first-order valence-corrected chi connectivity index (χ1v) is 6.74. The first-order valence-electron chi connectivity index (χ1n) is 4.98. The summed E-state index contributed by atoms with van der Waals surface area (Å²) in [7, 11) is 0. The van der Waals surface area contributed by atoms with Gasteiger partial charge in [-0.1, -0.05) is 11.3 Å². The summed E-state index contributed by atoms with van der Waals surface area (Å²) in [5.41, 5.74) is 7.43. The van der Waals surface area contributed by atoms with Gasteiger partial charge in [0, 0.05) is 18.1 Å². The van der Waals surface area contributed by atoms with Gasteiger partial charge >= 0.3 is 0 Å². The van der Waals surface area contributed by atoms with Crippen LogP contribution in [0.1, 0.15) is 5.69 Å². The van der Waals surface area contributed by atoms with Crippen LogP contribution in [-0.4, -0.2) is 20.0 Å². The molecule has 0 atom stereocenters. The number of nitrogens with zero attached hydrogens (tertiary/aromatic N) is 4. The lowest BCUT2D eigenvalue weighted by Crippen LogP contribution is -2.01. The van der Waals surface area contributed by atoms with Crippen LogP contribution < -0.4 is 5.73 Å². The molecule has 3 aromatic rings. The highest BCUT2D eigenvalue weighted by molar-refractivity contribution is 7.13. The van der Waals surface area contributed by atoms with Crippen molar-refractivity contribution in [3.8, 4) is 15.7 Å². The molecular formula is C10H9N5S2. The Morgan fingerprint density at radius 2 is 2.24 bits per heavy atom. The van der Waals surface area contributed by atoms with Gasteiger partial charge in [-0.25, -0.2) is 4.98 Å². The third-order valence-corrected chi connectivity index (χ3v) is 3.91. The number of hydrogen-bond acceptors (Lipinski definition) is 6. The van der Waals surface area contributed by atoms with Gasteiger partial charge in [0.2, 0.25) is 5.13 Å². The minimum absolute atomic E-state index is 0.374. The number of aromatic nitrogens is 4. The average Bonchev–Trinajstić information content (AvgIpc) is 3.09. The Labute approximate surface area is 106 Å². The normalized spacial score (nSPS) is 10.9. The van der Waals surface area contributed by atoms with Crippen molar-refractivity contribution in [2.24, 2.45) is 5.73 Å². The van der Waals surface area contributed by atoms with Gasteiger partial charge in [-0.05, 0) is 11.4 Å². The van der Waals surface area contributed by atoms with Crippen LogP contribution in [0.2, 0.25) is 0 Å². The Hall–Kier alpha value is -1.57. The van der Waals surface area contributed by atoms with Gasteiger partial charge in [0.05, 0.1) is 4.88 Å². The minimum atomic E-state index is 0.374. The molecule has 3 aromatic heterocycles. The number of rotatable bonds is 3. The lowest BCUT2D eigenvalue weighted by molar-refractivity contribution is 0.795. The van der Waals surface area contributed by atoms with E-state index in [4.69, 9.17) is 5.73 Å². The zero-order valence-electron chi connectivity index (χ0n) is 8.78. The molecule has 3 heterocycles. The van der Waals surface area contributed by atoms with Crippen molar-refractivity contribution >= 4 is 22.7 Å². The maximum atomic E-state index is 5.70. The van der Waals surface area contributed by atoms with E-state index < -0.39 is 0 Å². The monoisotopic (exact) mass is 263 g/mol. The Morgan fingerprint density at radius 3 is 2.88 bits per heavy atom. The van der Waals surface area contributed by atoms with Gasteiger partial charge in [0.15, 0.2) is 0 Å². The number of thiazole rings is 1. The molecule has 0 saturated carbocycles. The Kier molecular flexibility index (Phi) is 2.71. The number of hydrogen-bond donors (Lipinski definition) is 1. The molecule has 0 aliphatic heterocycles. The molecule has 0 amide bonds. The van der Waals surface area contributed by atoms with Crippen molar-refractivity contribution in [3.05, 3.63) is 34.8 Å². The van der Waals surface area contributed by atoms with Gasteiger partial charge in [0.25, 0.3) is 0 Å². The van der Waals surface area contributed by atoms with E-state index in [1.807, 2.05) is 22.9 Å². The predicted octanol–water partition coefficient (Wildman–Crippen LogP) is 1.91. The van der Waals surface area contributed by atoms with Crippen molar-refractivity contribution in [2.45, 2.75) is 6.54 Å². The molecule has 0 spiro atoms. The molecule has 2 N–H and O–H groups in total. The molecule has 17 heavy (non-hydrogen) atoms. The third-order valence-electron chi connectivity index (χ3n) is 2.29. The van der Waals surface area contributed by atoms with E-state index in [0.717, 1.165) is 21.4 Å². The Bertz CT molecular complexity index is 597. The van der Waals surface area contributed by atoms with E-state index in [0.29, 0.717) is 6.54 Å². The second kappa shape index (κ2) is 4.36. The smallest absolute Gasteiger partial charge is 0.212 e. The van der Waals surface area contributed by atoms with Gasteiger partial charge < -0.3 is 5.73 Å². The molecule has 0 aliphatic carbocycles. The summed E-state index contributed by atoms with van der Waals surface area (Å²) >= 11 is 3.17. The lowest BCUT2D eigenvalue weighted by atomic mass is 10.2. The highest BCUT2D eigenvalue weighted by Gasteiger charge is 2.17. The van der Waals surface area contributed by atoms with Crippen molar-refractivity contribution in [1.82, 2.24) is 20.0 Å². The number of nitrogens with two attached hydrogens (primary N) is 1. The van der Waals surface area contributed by atoms with Crippen molar-refractivity contribution in [3.63, 3.8) is 0 Å². The summed E-state index contributed by atoms with van der Waals surface area (Å²) in [6, 6.07) is 4.03. The van der Waals surface area contributed by atoms with Crippen LogP contribution >= 0.6 is 22.7 Å². The SMILES string of the molecule is NCc1nnn(-c2nccs2)c1-c1cccs1. The predicted molar refractivity (Wildman–Crippen MR) is 68.2 cm³/mol. The summed E-state index contributed by atoms with van der Waals surface area (Å²) in [6.07, 6.45) is 1.75. The fourth-order valence-corrected chi connectivity index (χ4v) is 2.93. The van der Waals surface area contributed by atoms with Crippen LogP contribution in [0, 0.1) is 0 Å². The van der Waals surface area contributed by atoms with Crippen molar-refractivity contribution < 1.29 is 0 Å². The molecule has 86 valence electrons. The first kappa shape index (κ1) is 10.6. The molecule has 5 nitrogen and oxygen atoms in total. The molecule has 0 unspecified atom stereocenters. The van der Waals surface area contributed by atoms with E-state index in [-0.39, 0.29) is 0 Å². The van der Waals surface area contributed by atoms with Gasteiger partial charge in [0.1, 0.15) is 11.4 Å². The largest absolute Gasteiger partial charge is 0.325 e. The summed E-state index contributed by atoms with van der Waals surface area (Å²) in [4.78, 5) is 5.35. The molecule has 7 heteroatoms. The van der Waals surface area contributed by atoms with Crippen LogP contribution in [0.3, 0.4) is 0 Å². The van der Waals surface area contributed by atoms with E-state index in [9.17, 15) is 0 Å². The molecule has 0 aromatic carbocycles. The van der Waals surface area contributed by atoms with Gasteiger partial charge in [-0.15, -0.1) is 27.8 Å². The summed E-state index contributed by atoms with van der Waals surface area (Å²) in [5.74, 6) is 0. The zero-order valence-corrected chi connectivity index (χ0v) is 10.4. The highest BCUT2D eigenvalue weighted by Crippen LogP contribution is 2.29. The Balaban J connectivity index is 2.20. The highest BCUT2D eigenvalue weighted by atomic mass is 32.1. The quantitative estimate of drug-likeness (QED) is 0.783. The Morgan fingerprint density at radius 1 is 1.29 bits per heavy atom. The van der Waals surface area contributed by atoms with Crippen LogP contribution in [0.4, 0.5) is 0 Å². The number of thiophene rings is 1. The second-order valence-electron chi connectivity index (χ2n) is 3.29. The molecule has 0 aliphatic rings. The van der Waals surface area contributed by atoms with Crippen molar-refractivity contribution in [1.29, 1.82) is 0 Å². The summed E-state index contributed by atoms with van der Waals surface area (Å²) < 4.78 is 1.75. The van der Waals surface area contributed by atoms with Crippen LogP contribution in [0.5, 0.6) is 0 Å². The van der Waals surface area contributed by atoms with Crippen molar-refractivity contribution in [2.75, 3.05) is 0 Å². The topological polar surface area (TPSA) is 69.6 Å². The molecule has 3 rings (SSSR count). The molecule has 0 bridgehead atoms. The van der Waals surface area contributed by atoms with Crippen LogP contribution in [0.15, 0.2) is 29.1 Å². The molecule has 0 fully saturated rings. The standard InChI is InChI=1S/C10H9N5S2/c11-6-7-9(8-2-1-4-16-8)15(14-13-7)10-12-3-5-17-10/h1-5H,6,11H2. The van der Waals surface area contributed by atoms with E-state index in [1.54, 1.807) is 22.2 Å². The van der Waals surface area contributed by atoms with E-state index in [1.165, 1.54) is 11.3 Å². The van der Waals surface area contributed by atoms with Crippen LogP contribution in [0.25, 0.3) is 15.7 Å². The maximum absolute atomic E-state index is 5.70. The van der Waals surface area contributed by atoms with Gasteiger partial charge in [-0.3, -0.25) is 0 Å². The fourth-order valence-electron chi connectivity index (χ4n) is 1.56. The summed E-state index contributed by atoms with van der Waals surface area (Å²) in [5, 5.41) is 13.0. The third kappa shape index (κ3) is 1.78. The summed E-state index contributed by atoms with van der Waals surface area (Å²) in [6.45, 7) is 0.374. The van der Waals surface area contributed by atoms with E-state index >= 15 is 0 Å². The minimum Gasteiger partial charge on any atom is -0.325 e. The second-order valence-corrected chi connectivity index (χ2v) is 5.11. The molecule has 0 saturated heterocycles. The molecular weight excluding hydrogens is 254 g/mol. The lowest BCUT2D eigenvalue weighted by Gasteiger charge is -2.01. The van der Waals surface area contributed by atoms with Gasteiger partial charge in [-0.2, -0.15) is 4.68 Å². The average molecular weight is 263 g/mol. The van der Waals surface area contributed by atoms with E-state index in [2.05, 4.69) is 15.3 Å². The fraction of sp³-hybridized carbons (Fsp3) is 0.100. The van der Waals surface area contributed by atoms with Crippen LogP contribution in [-0.2, 0) is 6.54 Å². The molecule has 0 radical (unpaired) electrons. The first-order chi connectivity index (χ1) is 8.40.